The number of hydrogen-bond acceptors (Lipinski definition) is 4. The van der Waals surface area contributed by atoms with Crippen LogP contribution in [0.1, 0.15) is 40.9 Å². The second kappa shape index (κ2) is 7.52. The number of ether oxygens (including phenoxy) is 1. The number of rotatable bonds is 5. The van der Waals surface area contributed by atoms with Gasteiger partial charge in [0, 0.05) is 61.9 Å². The van der Waals surface area contributed by atoms with E-state index in [-0.39, 0.29) is 5.60 Å². The van der Waals surface area contributed by atoms with E-state index < -0.39 is 5.91 Å². The van der Waals surface area contributed by atoms with Gasteiger partial charge in [-0.1, -0.05) is 24.6 Å². The molecule has 3 N–H and O–H groups in total. The number of fused-ring (bicyclic) bond motifs is 3. The zero-order chi connectivity index (χ0) is 20.7. The van der Waals surface area contributed by atoms with Gasteiger partial charge in [-0.15, -0.1) is 0 Å². The van der Waals surface area contributed by atoms with Crippen molar-refractivity contribution in [3.05, 3.63) is 65.6 Å². The molecule has 5 rings (SSSR count). The van der Waals surface area contributed by atoms with Crippen LogP contribution in [0, 0.1) is 11.8 Å². The summed E-state index contributed by atoms with van der Waals surface area (Å²) in [4.78, 5) is 21.8. The molecule has 30 heavy (non-hydrogen) atoms. The minimum Gasteiger partial charge on any atom is -0.373 e. The fourth-order valence-corrected chi connectivity index (χ4v) is 5.89. The summed E-state index contributed by atoms with van der Waals surface area (Å²) in [6.45, 7) is 2.87. The Morgan fingerprint density at radius 2 is 2.03 bits per heavy atom. The van der Waals surface area contributed by atoms with E-state index in [0.717, 1.165) is 38.0 Å². The number of nitrogens with zero attached hydrogens (tertiary/aromatic N) is 2. The van der Waals surface area contributed by atoms with E-state index in [9.17, 15) is 4.79 Å². The average Bonchev–Trinajstić information content (AvgIpc) is 3.16. The number of piperidine rings is 1. The average molecular weight is 405 g/mol. The molecule has 0 radical (unpaired) electrons. The lowest BCUT2D eigenvalue weighted by atomic mass is 9.62. The fourth-order valence-electron chi connectivity index (χ4n) is 5.89. The number of aromatic amines is 1. The molecule has 3 aromatic rings. The highest BCUT2D eigenvalue weighted by Gasteiger charge is 2.53. The SMILES string of the molecule is CO[C@@]1(c2ccnc(C(N)=O)c2)[C@@H]2CCC[C@H]1CN(Cc1c[nH]c3ccccc13)C2. The Bertz CT molecular complexity index is 1060. The van der Waals surface area contributed by atoms with E-state index in [0.29, 0.717) is 17.5 Å². The van der Waals surface area contributed by atoms with Crippen LogP contribution in [-0.4, -0.2) is 41.0 Å². The van der Waals surface area contributed by atoms with Gasteiger partial charge in [-0.3, -0.25) is 14.7 Å². The normalized spacial score (nSPS) is 26.7. The van der Waals surface area contributed by atoms with Crippen molar-refractivity contribution < 1.29 is 9.53 Å². The highest BCUT2D eigenvalue weighted by Crippen LogP contribution is 2.51. The summed E-state index contributed by atoms with van der Waals surface area (Å²) in [7, 11) is 1.81. The Hall–Kier alpha value is -2.70. The zero-order valence-corrected chi connectivity index (χ0v) is 17.3. The number of pyridine rings is 1. The number of methoxy groups -OCH3 is 1. The number of nitrogens with two attached hydrogens (primary N) is 1. The maximum Gasteiger partial charge on any atom is 0.267 e. The van der Waals surface area contributed by atoms with Gasteiger partial charge in [0.15, 0.2) is 0 Å². The molecule has 3 atom stereocenters. The lowest BCUT2D eigenvalue weighted by Gasteiger charge is -2.55. The van der Waals surface area contributed by atoms with Crippen molar-refractivity contribution in [2.45, 2.75) is 31.4 Å². The van der Waals surface area contributed by atoms with Crippen LogP contribution < -0.4 is 5.73 Å². The first-order valence-corrected chi connectivity index (χ1v) is 10.7. The summed E-state index contributed by atoms with van der Waals surface area (Å²) in [6, 6.07) is 12.3. The second-order valence-corrected chi connectivity index (χ2v) is 8.67. The largest absolute Gasteiger partial charge is 0.373 e. The quantitative estimate of drug-likeness (QED) is 0.682. The Balaban J connectivity index is 1.45. The summed E-state index contributed by atoms with van der Waals surface area (Å²) >= 11 is 0. The molecule has 1 aliphatic carbocycles. The minimum atomic E-state index is -0.495. The molecule has 2 fully saturated rings. The molecule has 2 aromatic heterocycles. The van der Waals surface area contributed by atoms with Crippen LogP contribution in [-0.2, 0) is 16.9 Å². The van der Waals surface area contributed by atoms with Gasteiger partial charge in [-0.25, -0.2) is 0 Å². The van der Waals surface area contributed by atoms with Gasteiger partial charge in [0.25, 0.3) is 5.91 Å². The van der Waals surface area contributed by atoms with Crippen molar-refractivity contribution in [3.63, 3.8) is 0 Å². The topological polar surface area (TPSA) is 84.2 Å². The number of primary amides is 1. The molecular formula is C24H28N4O2. The number of para-hydroxylation sites is 1. The van der Waals surface area contributed by atoms with Crippen LogP contribution in [0.3, 0.4) is 0 Å². The monoisotopic (exact) mass is 404 g/mol. The number of carbonyl (C=O) groups excluding carboxylic acids is 1. The van der Waals surface area contributed by atoms with Crippen LogP contribution >= 0.6 is 0 Å². The maximum absolute atomic E-state index is 11.7. The third-order valence-electron chi connectivity index (χ3n) is 7.15. The molecule has 1 amide bonds. The molecule has 1 saturated heterocycles. The van der Waals surface area contributed by atoms with E-state index in [1.165, 1.54) is 22.9 Å². The van der Waals surface area contributed by atoms with Crippen molar-refractivity contribution in [3.8, 4) is 0 Å². The van der Waals surface area contributed by atoms with Crippen LogP contribution in [0.4, 0.5) is 0 Å². The number of carbonyl (C=O) groups is 1. The molecule has 6 nitrogen and oxygen atoms in total. The third kappa shape index (κ3) is 3.02. The van der Waals surface area contributed by atoms with Crippen molar-refractivity contribution in [2.24, 2.45) is 17.6 Å². The highest BCUT2D eigenvalue weighted by atomic mass is 16.5. The Kier molecular flexibility index (Phi) is 4.83. The maximum atomic E-state index is 11.7. The summed E-state index contributed by atoms with van der Waals surface area (Å²) < 4.78 is 6.31. The summed E-state index contributed by atoms with van der Waals surface area (Å²) in [5, 5.41) is 1.30. The molecule has 2 bridgehead atoms. The summed E-state index contributed by atoms with van der Waals surface area (Å²) in [5.74, 6) is 0.233. The molecule has 0 unspecified atom stereocenters. The molecule has 1 aromatic carbocycles. The molecular weight excluding hydrogens is 376 g/mol. The zero-order valence-electron chi connectivity index (χ0n) is 17.3. The molecule has 3 heterocycles. The smallest absolute Gasteiger partial charge is 0.267 e. The number of amides is 1. The number of aromatic nitrogens is 2. The van der Waals surface area contributed by atoms with Crippen LogP contribution in [0.25, 0.3) is 10.9 Å². The molecule has 6 heteroatoms. The van der Waals surface area contributed by atoms with Gasteiger partial charge in [-0.2, -0.15) is 0 Å². The lowest BCUT2D eigenvalue weighted by Crippen LogP contribution is -2.58. The molecule has 0 spiro atoms. The van der Waals surface area contributed by atoms with Crippen LogP contribution in [0.15, 0.2) is 48.8 Å². The summed E-state index contributed by atoms with van der Waals surface area (Å²) in [5.41, 5.74) is 8.99. The Morgan fingerprint density at radius 1 is 1.27 bits per heavy atom. The van der Waals surface area contributed by atoms with E-state index in [2.05, 4.69) is 45.3 Å². The van der Waals surface area contributed by atoms with Gasteiger partial charge in [0.1, 0.15) is 11.3 Å². The van der Waals surface area contributed by atoms with Gasteiger partial charge in [0.05, 0.1) is 0 Å². The molecule has 2 aliphatic rings. The van der Waals surface area contributed by atoms with Gasteiger partial charge in [-0.05, 0) is 42.2 Å². The highest BCUT2D eigenvalue weighted by molar-refractivity contribution is 5.90. The number of nitrogens with one attached hydrogen (secondary N) is 1. The number of benzene rings is 1. The molecule has 1 saturated carbocycles. The number of hydrogen-bond donors (Lipinski definition) is 2. The first kappa shape index (κ1) is 19.3. The van der Waals surface area contributed by atoms with Crippen molar-refractivity contribution in [1.29, 1.82) is 0 Å². The van der Waals surface area contributed by atoms with Gasteiger partial charge < -0.3 is 15.5 Å². The first-order valence-electron chi connectivity index (χ1n) is 10.7. The van der Waals surface area contributed by atoms with Crippen molar-refractivity contribution in [1.82, 2.24) is 14.9 Å². The second-order valence-electron chi connectivity index (χ2n) is 8.67. The fraction of sp³-hybridized carbons (Fsp3) is 0.417. The first-order chi connectivity index (χ1) is 14.6. The standard InChI is InChI=1S/C24H28N4O2/c1-30-24(17-9-10-26-22(11-17)23(25)29)18-5-4-6-19(24)15-28(14-18)13-16-12-27-21-8-3-2-7-20(16)21/h2-3,7-12,18-19,27H,4-6,13-15H2,1H3,(H2,25,29)/t18-,19+,24+. The minimum absolute atomic E-state index is 0.309. The van der Waals surface area contributed by atoms with Crippen LogP contribution in [0.2, 0.25) is 0 Å². The van der Waals surface area contributed by atoms with E-state index in [1.54, 1.807) is 6.20 Å². The predicted molar refractivity (Wildman–Crippen MR) is 116 cm³/mol. The van der Waals surface area contributed by atoms with Crippen molar-refractivity contribution in [2.75, 3.05) is 20.2 Å². The van der Waals surface area contributed by atoms with Gasteiger partial charge in [0.2, 0.25) is 0 Å². The Labute approximate surface area is 176 Å². The number of likely N-dealkylation sites (tertiary alicyclic amines) is 1. The number of H-pyrrole nitrogens is 1. The van der Waals surface area contributed by atoms with Crippen molar-refractivity contribution >= 4 is 16.8 Å². The van der Waals surface area contributed by atoms with Crippen LogP contribution in [0.5, 0.6) is 0 Å². The van der Waals surface area contributed by atoms with E-state index in [4.69, 9.17) is 10.5 Å². The molecule has 1 aliphatic heterocycles. The lowest BCUT2D eigenvalue weighted by molar-refractivity contribution is -0.170. The summed E-state index contributed by atoms with van der Waals surface area (Å²) in [6.07, 6.45) is 7.27. The van der Waals surface area contributed by atoms with E-state index in [1.807, 2.05) is 19.2 Å². The van der Waals surface area contributed by atoms with Gasteiger partial charge >= 0.3 is 0 Å². The predicted octanol–water partition coefficient (Wildman–Crippen LogP) is 3.44. The molecule has 156 valence electrons. The Morgan fingerprint density at radius 3 is 2.77 bits per heavy atom. The van der Waals surface area contributed by atoms with E-state index >= 15 is 0 Å². The third-order valence-corrected chi connectivity index (χ3v) is 7.15.